The molecule has 0 bridgehead atoms. The maximum atomic E-state index is 9.98. The highest BCUT2D eigenvalue weighted by atomic mass is 35.5. The predicted molar refractivity (Wildman–Crippen MR) is 117 cm³/mol. The molecule has 1 heterocycles. The van der Waals surface area contributed by atoms with Crippen LogP contribution in [0.1, 0.15) is 11.3 Å². The molecule has 3 rings (SSSR count). The van der Waals surface area contributed by atoms with E-state index in [1.54, 1.807) is 37.4 Å². The van der Waals surface area contributed by atoms with E-state index in [9.17, 15) is 15.3 Å². The van der Waals surface area contributed by atoms with Crippen molar-refractivity contribution in [3.63, 3.8) is 0 Å². The molecule has 8 nitrogen and oxygen atoms in total. The van der Waals surface area contributed by atoms with Crippen LogP contribution in [0.2, 0.25) is 5.02 Å². The number of ether oxygens (including phenoxy) is 1. The number of methoxy groups -OCH3 is 1. The molecule has 9 heteroatoms. The molecule has 0 amide bonds. The van der Waals surface area contributed by atoms with Crippen LogP contribution in [0.15, 0.2) is 36.4 Å². The zero-order valence-corrected chi connectivity index (χ0v) is 17.3. The fourth-order valence-electron chi connectivity index (χ4n) is 2.75. The van der Waals surface area contributed by atoms with Crippen LogP contribution in [0.4, 0.5) is 11.5 Å². The molecule has 0 aliphatic heterocycles. The van der Waals surface area contributed by atoms with Crippen molar-refractivity contribution in [1.82, 2.24) is 10.2 Å². The lowest BCUT2D eigenvalue weighted by Crippen LogP contribution is -2.35. The highest BCUT2D eigenvalue weighted by Crippen LogP contribution is 2.29. The second-order valence-corrected chi connectivity index (χ2v) is 7.07. The van der Waals surface area contributed by atoms with Gasteiger partial charge in [-0.1, -0.05) is 35.7 Å². The van der Waals surface area contributed by atoms with E-state index in [1.165, 1.54) is 0 Å². The van der Waals surface area contributed by atoms with E-state index in [2.05, 4.69) is 32.2 Å². The van der Waals surface area contributed by atoms with E-state index in [0.29, 0.717) is 39.6 Å². The molecule has 4 N–H and O–H groups in total. The summed E-state index contributed by atoms with van der Waals surface area (Å²) in [5.74, 6) is 6.10. The lowest BCUT2D eigenvalue weighted by atomic mass is 10.1. The molecule has 3 aromatic rings. The average Bonchev–Trinajstić information content (AvgIpc) is 2.81. The van der Waals surface area contributed by atoms with Crippen LogP contribution in [0.25, 0.3) is 15.6 Å². The van der Waals surface area contributed by atoms with Gasteiger partial charge in [0.1, 0.15) is 11.4 Å². The van der Waals surface area contributed by atoms with E-state index in [1.807, 2.05) is 6.07 Å². The molecule has 0 spiro atoms. The summed E-state index contributed by atoms with van der Waals surface area (Å²) in [7, 11) is 1.54. The minimum absolute atomic E-state index is 0.241. The quantitative estimate of drug-likeness (QED) is 0.345. The monoisotopic (exact) mass is 438 g/mol. The lowest BCUT2D eigenvalue weighted by molar-refractivity contribution is -0.00938. The first kappa shape index (κ1) is 22.3. The second kappa shape index (κ2) is 9.61. The molecule has 31 heavy (non-hydrogen) atoms. The van der Waals surface area contributed by atoms with Gasteiger partial charge in [0, 0.05) is 17.3 Å². The number of aliphatic hydroxyl groups excluding tert-OH is 2. The van der Waals surface area contributed by atoms with Gasteiger partial charge >= 0.3 is 0 Å². The van der Waals surface area contributed by atoms with E-state index in [4.69, 9.17) is 22.9 Å². The summed E-state index contributed by atoms with van der Waals surface area (Å²) in [6.45, 7) is 6.22. The lowest BCUT2D eigenvalue weighted by Gasteiger charge is -2.15. The number of aliphatic hydroxyl groups is 3. The Labute approximate surface area is 183 Å². The summed E-state index contributed by atoms with van der Waals surface area (Å²) in [6, 6.07) is 10.4. The van der Waals surface area contributed by atoms with Crippen molar-refractivity contribution in [3.8, 4) is 17.6 Å². The number of aromatic nitrogens is 2. The van der Waals surface area contributed by atoms with Gasteiger partial charge < -0.3 is 25.4 Å². The maximum Gasteiger partial charge on any atom is 0.188 e. The molecule has 1 aromatic heterocycles. The first-order valence-corrected chi connectivity index (χ1v) is 9.52. The van der Waals surface area contributed by atoms with Crippen LogP contribution in [0.3, 0.4) is 0 Å². The van der Waals surface area contributed by atoms with Gasteiger partial charge in [0.05, 0.1) is 31.9 Å². The highest BCUT2D eigenvalue weighted by Gasteiger charge is 2.21. The number of hydrogen-bond acceptors (Lipinski definition) is 7. The van der Waals surface area contributed by atoms with Crippen molar-refractivity contribution in [2.75, 3.05) is 25.6 Å². The molecular formula is C22H19ClN4O4. The molecule has 0 aliphatic rings. The summed E-state index contributed by atoms with van der Waals surface area (Å²) in [5.41, 5.74) is -0.404. The summed E-state index contributed by atoms with van der Waals surface area (Å²) in [4.78, 5) is 3.45. The van der Waals surface area contributed by atoms with E-state index >= 15 is 0 Å². The van der Waals surface area contributed by atoms with Gasteiger partial charge in [-0.25, -0.2) is 4.85 Å². The average molecular weight is 439 g/mol. The molecule has 0 unspecified atom stereocenters. The van der Waals surface area contributed by atoms with Crippen LogP contribution in [-0.2, 0) is 6.54 Å². The number of anilines is 1. The number of rotatable bonds is 6. The predicted octanol–water partition coefficient (Wildman–Crippen LogP) is 2.52. The fourth-order valence-corrected chi connectivity index (χ4v) is 3.03. The summed E-state index contributed by atoms with van der Waals surface area (Å²) >= 11 is 6.18. The Morgan fingerprint density at radius 1 is 1.16 bits per heavy atom. The number of nitrogens with one attached hydrogen (secondary N) is 1. The van der Waals surface area contributed by atoms with Gasteiger partial charge in [-0.15, -0.1) is 10.2 Å². The first-order valence-electron chi connectivity index (χ1n) is 9.14. The zero-order chi connectivity index (χ0) is 22.4. The van der Waals surface area contributed by atoms with Crippen molar-refractivity contribution < 1.29 is 20.1 Å². The third kappa shape index (κ3) is 5.02. The molecule has 158 valence electrons. The third-order valence-corrected chi connectivity index (χ3v) is 4.80. The molecule has 0 radical (unpaired) electrons. The standard InChI is InChI=1S/C22H19ClN4O4/c1-24-15-4-5-16-17(10-15)21(25-11-14-3-6-20(31-2)18(23)9-14)27-26-19(16)7-8-22(30,12-28)13-29/h3-6,9-10,28-30H,11-13H2,2H3,(H,25,27). The molecular weight excluding hydrogens is 420 g/mol. The molecule has 0 aliphatic carbocycles. The van der Waals surface area contributed by atoms with Crippen molar-refractivity contribution in [1.29, 1.82) is 0 Å². The Morgan fingerprint density at radius 3 is 2.58 bits per heavy atom. The number of fused-ring (bicyclic) bond motifs is 1. The Bertz CT molecular complexity index is 1210. The maximum absolute atomic E-state index is 9.98. The minimum Gasteiger partial charge on any atom is -0.495 e. The van der Waals surface area contributed by atoms with Crippen LogP contribution >= 0.6 is 11.6 Å². The summed E-state index contributed by atoms with van der Waals surface area (Å²) in [5, 5.41) is 41.6. The van der Waals surface area contributed by atoms with Gasteiger partial charge in [-0.2, -0.15) is 0 Å². The number of nitrogens with zero attached hydrogens (tertiary/aromatic N) is 3. The SMILES string of the molecule is [C-]#[N+]c1ccc2c(C#CC(O)(CO)CO)nnc(NCc3ccc(OC)c(Cl)c3)c2c1. The highest BCUT2D eigenvalue weighted by molar-refractivity contribution is 6.32. The van der Waals surface area contributed by atoms with Crippen molar-refractivity contribution in [2.24, 2.45) is 0 Å². The van der Waals surface area contributed by atoms with Gasteiger partial charge in [-0.05, 0) is 29.7 Å². The number of benzene rings is 2. The van der Waals surface area contributed by atoms with Crippen LogP contribution in [0, 0.1) is 18.4 Å². The Kier molecular flexibility index (Phi) is 6.91. The number of hydrogen-bond donors (Lipinski definition) is 4. The normalized spacial score (nSPS) is 10.8. The first-order chi connectivity index (χ1) is 14.9. The van der Waals surface area contributed by atoms with Crippen molar-refractivity contribution in [2.45, 2.75) is 12.1 Å². The molecule has 0 atom stereocenters. The van der Waals surface area contributed by atoms with Crippen molar-refractivity contribution in [3.05, 3.63) is 64.1 Å². The van der Waals surface area contributed by atoms with Gasteiger partial charge in [0.25, 0.3) is 0 Å². The van der Waals surface area contributed by atoms with Crippen LogP contribution in [-0.4, -0.2) is 51.4 Å². The Hall–Kier alpha value is -3.40. The van der Waals surface area contributed by atoms with Gasteiger partial charge in [0.15, 0.2) is 17.1 Å². The molecule has 0 saturated carbocycles. The zero-order valence-electron chi connectivity index (χ0n) is 16.6. The van der Waals surface area contributed by atoms with Gasteiger partial charge in [-0.3, -0.25) is 0 Å². The number of halogens is 1. The van der Waals surface area contributed by atoms with E-state index in [-0.39, 0.29) is 5.69 Å². The van der Waals surface area contributed by atoms with Crippen LogP contribution < -0.4 is 10.1 Å². The molecule has 0 saturated heterocycles. The van der Waals surface area contributed by atoms with E-state index < -0.39 is 18.8 Å². The minimum atomic E-state index is -1.95. The van der Waals surface area contributed by atoms with Crippen molar-refractivity contribution >= 4 is 33.9 Å². The Balaban J connectivity index is 1.98. The fraction of sp³-hybridized carbons (Fsp3) is 0.227. The summed E-state index contributed by atoms with van der Waals surface area (Å²) in [6.07, 6.45) is 0. The molecule has 2 aromatic carbocycles. The summed E-state index contributed by atoms with van der Waals surface area (Å²) < 4.78 is 5.16. The van der Waals surface area contributed by atoms with Crippen LogP contribution in [0.5, 0.6) is 5.75 Å². The van der Waals surface area contributed by atoms with E-state index in [0.717, 1.165) is 5.56 Å². The Morgan fingerprint density at radius 2 is 1.94 bits per heavy atom. The third-order valence-electron chi connectivity index (χ3n) is 4.51. The second-order valence-electron chi connectivity index (χ2n) is 6.66. The van der Waals surface area contributed by atoms with Gasteiger partial charge in [0.2, 0.25) is 0 Å². The smallest absolute Gasteiger partial charge is 0.188 e. The largest absolute Gasteiger partial charge is 0.495 e. The topological polar surface area (TPSA) is 112 Å². The molecule has 0 fully saturated rings.